The number of pyridine rings is 1. The maximum absolute atomic E-state index is 4.46. The molecular weight excluding hydrogens is 214 g/mol. The van der Waals surface area contributed by atoms with Crippen molar-refractivity contribution in [2.75, 3.05) is 0 Å². The predicted octanol–water partition coefficient (Wildman–Crippen LogP) is 2.01. The molecule has 1 aliphatic carbocycles. The van der Waals surface area contributed by atoms with Gasteiger partial charge in [0.1, 0.15) is 0 Å². The Hall–Kier alpha value is -1.78. The fraction of sp³-hybridized carbons (Fsp3) is 0.500. The quantitative estimate of drug-likeness (QED) is 0.812. The Balaban J connectivity index is 2.26. The average Bonchev–Trinajstić information content (AvgIpc) is 2.83. The van der Waals surface area contributed by atoms with Gasteiger partial charge in [0.2, 0.25) is 5.82 Å². The minimum atomic E-state index is 0.550. The zero-order chi connectivity index (χ0) is 11.8. The van der Waals surface area contributed by atoms with Gasteiger partial charge >= 0.3 is 0 Å². The highest BCUT2D eigenvalue weighted by Crippen LogP contribution is 2.37. The highest BCUT2D eigenvalue weighted by Gasteiger charge is 2.24. The number of tetrazole rings is 1. The standard InChI is InChI=1S/C12H15N5/c1-7-4-3-5-9-6-13-8(2)11(10(7)9)12-14-16-17-15-12/h6-7H,3-5H2,1-2H3,(H,14,15,16,17)/t7-/m1/s1. The van der Waals surface area contributed by atoms with Gasteiger partial charge in [-0.25, -0.2) is 0 Å². The molecule has 1 atom stereocenters. The zero-order valence-corrected chi connectivity index (χ0v) is 10.1. The third-order valence-corrected chi connectivity index (χ3v) is 3.54. The van der Waals surface area contributed by atoms with Gasteiger partial charge in [-0.2, -0.15) is 5.21 Å². The molecule has 0 unspecified atom stereocenters. The lowest BCUT2D eigenvalue weighted by Crippen LogP contribution is -2.11. The Kier molecular flexibility index (Phi) is 2.39. The van der Waals surface area contributed by atoms with Crippen LogP contribution in [0.15, 0.2) is 6.20 Å². The second-order valence-electron chi connectivity index (χ2n) is 4.69. The highest BCUT2D eigenvalue weighted by atomic mass is 15.5. The number of aromatic amines is 1. The molecule has 2 aromatic rings. The third-order valence-electron chi connectivity index (χ3n) is 3.54. The molecule has 5 nitrogen and oxygen atoms in total. The van der Waals surface area contributed by atoms with Gasteiger partial charge in [-0.05, 0) is 48.4 Å². The van der Waals surface area contributed by atoms with E-state index in [0.29, 0.717) is 11.7 Å². The van der Waals surface area contributed by atoms with Gasteiger partial charge in [0.25, 0.3) is 0 Å². The number of nitrogens with zero attached hydrogens (tertiary/aromatic N) is 4. The maximum Gasteiger partial charge on any atom is 0.206 e. The number of rotatable bonds is 1. The van der Waals surface area contributed by atoms with Crippen LogP contribution in [-0.2, 0) is 6.42 Å². The molecule has 0 fully saturated rings. The topological polar surface area (TPSA) is 67.3 Å². The van der Waals surface area contributed by atoms with E-state index in [4.69, 9.17) is 0 Å². The molecular formula is C12H15N5. The largest absolute Gasteiger partial charge is 0.261 e. The Morgan fingerprint density at radius 1 is 1.41 bits per heavy atom. The van der Waals surface area contributed by atoms with Crippen molar-refractivity contribution in [2.24, 2.45) is 0 Å². The van der Waals surface area contributed by atoms with E-state index in [1.165, 1.54) is 24.0 Å². The van der Waals surface area contributed by atoms with E-state index in [1.807, 2.05) is 13.1 Å². The third kappa shape index (κ3) is 1.62. The molecule has 0 saturated heterocycles. The lowest BCUT2D eigenvalue weighted by atomic mass is 9.81. The predicted molar refractivity (Wildman–Crippen MR) is 63.5 cm³/mol. The SMILES string of the molecule is Cc1ncc2c(c1-c1nn[nH]n1)[C@H](C)CCC2. The van der Waals surface area contributed by atoms with Crippen LogP contribution in [0.25, 0.3) is 11.4 Å². The van der Waals surface area contributed by atoms with Crippen LogP contribution in [0.2, 0.25) is 0 Å². The first-order valence-corrected chi connectivity index (χ1v) is 5.99. The second kappa shape index (κ2) is 3.91. The van der Waals surface area contributed by atoms with Gasteiger partial charge in [0, 0.05) is 17.5 Å². The minimum absolute atomic E-state index is 0.550. The summed E-state index contributed by atoms with van der Waals surface area (Å²) < 4.78 is 0. The molecule has 0 spiro atoms. The van der Waals surface area contributed by atoms with Gasteiger partial charge in [-0.15, -0.1) is 10.2 Å². The van der Waals surface area contributed by atoms with E-state index in [1.54, 1.807) is 0 Å². The highest BCUT2D eigenvalue weighted by molar-refractivity contribution is 5.65. The van der Waals surface area contributed by atoms with Crippen molar-refractivity contribution in [3.8, 4) is 11.4 Å². The molecule has 0 amide bonds. The molecule has 17 heavy (non-hydrogen) atoms. The minimum Gasteiger partial charge on any atom is -0.261 e. The van der Waals surface area contributed by atoms with Crippen molar-refractivity contribution in [2.45, 2.75) is 39.0 Å². The summed E-state index contributed by atoms with van der Waals surface area (Å²) in [4.78, 5) is 4.46. The van der Waals surface area contributed by atoms with E-state index in [9.17, 15) is 0 Å². The van der Waals surface area contributed by atoms with Crippen molar-refractivity contribution in [3.05, 3.63) is 23.0 Å². The van der Waals surface area contributed by atoms with Gasteiger partial charge in [-0.3, -0.25) is 4.98 Å². The Bertz CT molecular complexity index is 532. The van der Waals surface area contributed by atoms with Crippen LogP contribution in [0.4, 0.5) is 0 Å². The monoisotopic (exact) mass is 229 g/mol. The number of hydrogen-bond donors (Lipinski definition) is 1. The Morgan fingerprint density at radius 2 is 2.29 bits per heavy atom. The molecule has 0 saturated carbocycles. The normalized spacial score (nSPS) is 19.1. The van der Waals surface area contributed by atoms with Crippen molar-refractivity contribution in [3.63, 3.8) is 0 Å². The van der Waals surface area contributed by atoms with Crippen LogP contribution < -0.4 is 0 Å². The zero-order valence-electron chi connectivity index (χ0n) is 10.1. The first-order chi connectivity index (χ1) is 8.27. The maximum atomic E-state index is 4.46. The van der Waals surface area contributed by atoms with Crippen LogP contribution in [0.1, 0.15) is 42.5 Å². The van der Waals surface area contributed by atoms with E-state index in [0.717, 1.165) is 17.7 Å². The molecule has 0 bridgehead atoms. The van der Waals surface area contributed by atoms with Crippen molar-refractivity contribution >= 4 is 0 Å². The van der Waals surface area contributed by atoms with Crippen molar-refractivity contribution in [1.82, 2.24) is 25.6 Å². The second-order valence-corrected chi connectivity index (χ2v) is 4.69. The summed E-state index contributed by atoms with van der Waals surface area (Å²) >= 11 is 0. The van der Waals surface area contributed by atoms with Gasteiger partial charge in [0.15, 0.2) is 0 Å². The summed E-state index contributed by atoms with van der Waals surface area (Å²) in [5, 5.41) is 14.4. The Morgan fingerprint density at radius 3 is 3.06 bits per heavy atom. The summed E-state index contributed by atoms with van der Waals surface area (Å²) in [7, 11) is 0. The van der Waals surface area contributed by atoms with Gasteiger partial charge in [-0.1, -0.05) is 6.92 Å². The first kappa shape index (κ1) is 10.4. The molecule has 1 N–H and O–H groups in total. The summed E-state index contributed by atoms with van der Waals surface area (Å²) in [6.45, 7) is 4.27. The number of H-pyrrole nitrogens is 1. The van der Waals surface area contributed by atoms with Crippen LogP contribution in [-0.4, -0.2) is 25.6 Å². The molecule has 0 aromatic carbocycles. The van der Waals surface area contributed by atoms with E-state index in [2.05, 4.69) is 32.5 Å². The van der Waals surface area contributed by atoms with Crippen molar-refractivity contribution < 1.29 is 0 Å². The molecule has 2 heterocycles. The van der Waals surface area contributed by atoms with Crippen LogP contribution >= 0.6 is 0 Å². The summed E-state index contributed by atoms with van der Waals surface area (Å²) in [6, 6.07) is 0. The molecule has 0 aliphatic heterocycles. The fourth-order valence-corrected chi connectivity index (χ4v) is 2.72. The van der Waals surface area contributed by atoms with Crippen molar-refractivity contribution in [1.29, 1.82) is 0 Å². The molecule has 88 valence electrons. The van der Waals surface area contributed by atoms with Gasteiger partial charge < -0.3 is 0 Å². The van der Waals surface area contributed by atoms with E-state index < -0.39 is 0 Å². The lowest BCUT2D eigenvalue weighted by molar-refractivity contribution is 0.588. The molecule has 1 aliphatic rings. The summed E-state index contributed by atoms with van der Waals surface area (Å²) in [5.41, 5.74) is 4.77. The molecule has 0 radical (unpaired) electrons. The van der Waals surface area contributed by atoms with E-state index >= 15 is 0 Å². The summed E-state index contributed by atoms with van der Waals surface area (Å²) in [5.74, 6) is 1.22. The number of aryl methyl sites for hydroxylation is 2. The first-order valence-electron chi connectivity index (χ1n) is 5.99. The summed E-state index contributed by atoms with van der Waals surface area (Å²) in [6.07, 6.45) is 5.58. The van der Waals surface area contributed by atoms with Crippen LogP contribution in [0, 0.1) is 6.92 Å². The number of fused-ring (bicyclic) bond motifs is 1. The average molecular weight is 229 g/mol. The lowest BCUT2D eigenvalue weighted by Gasteiger charge is -2.24. The number of nitrogens with one attached hydrogen (secondary N) is 1. The molecule has 5 heteroatoms. The van der Waals surface area contributed by atoms with Gasteiger partial charge in [0.05, 0.1) is 0 Å². The molecule has 3 rings (SSSR count). The molecule has 2 aromatic heterocycles. The fourth-order valence-electron chi connectivity index (χ4n) is 2.72. The van der Waals surface area contributed by atoms with E-state index in [-0.39, 0.29) is 0 Å². The smallest absolute Gasteiger partial charge is 0.206 e. The van der Waals surface area contributed by atoms with Crippen LogP contribution in [0.5, 0.6) is 0 Å². The number of hydrogen-bond acceptors (Lipinski definition) is 4. The Labute approximate surface area is 99.7 Å². The van der Waals surface area contributed by atoms with Crippen LogP contribution in [0.3, 0.4) is 0 Å². The number of aromatic nitrogens is 5.